The molecular formula is C14H21FN2. The first-order valence-electron chi connectivity index (χ1n) is 6.32. The van der Waals surface area contributed by atoms with Crippen LogP contribution in [-0.2, 0) is 6.42 Å². The summed E-state index contributed by atoms with van der Waals surface area (Å²) in [5, 5.41) is 0. The molecule has 1 unspecified atom stereocenters. The standard InChI is InChI=1S/C14H21FN2/c1-10(16)8-12-13(15)4-3-5-14(12)17(2)9-11-6-7-11/h3-5,10-11H,6-9,16H2,1-2H3. The fourth-order valence-corrected chi connectivity index (χ4v) is 2.22. The molecule has 1 aliphatic rings. The second kappa shape index (κ2) is 5.05. The third kappa shape index (κ3) is 3.19. The number of nitrogens with zero attached hydrogens (tertiary/aromatic N) is 1. The summed E-state index contributed by atoms with van der Waals surface area (Å²) in [6.07, 6.45) is 3.21. The predicted octanol–water partition coefficient (Wildman–Crippen LogP) is 2.56. The van der Waals surface area contributed by atoms with E-state index in [1.54, 1.807) is 6.07 Å². The van der Waals surface area contributed by atoms with Crippen LogP contribution in [0.1, 0.15) is 25.3 Å². The lowest BCUT2D eigenvalue weighted by molar-refractivity contribution is 0.594. The largest absolute Gasteiger partial charge is 0.374 e. The van der Waals surface area contributed by atoms with E-state index in [2.05, 4.69) is 4.90 Å². The van der Waals surface area contributed by atoms with Gasteiger partial charge in [-0.25, -0.2) is 4.39 Å². The zero-order valence-corrected chi connectivity index (χ0v) is 10.6. The Morgan fingerprint density at radius 2 is 2.18 bits per heavy atom. The molecule has 0 heterocycles. The Morgan fingerprint density at radius 3 is 2.76 bits per heavy atom. The molecule has 2 rings (SSSR count). The van der Waals surface area contributed by atoms with Gasteiger partial charge in [-0.3, -0.25) is 0 Å². The van der Waals surface area contributed by atoms with Gasteiger partial charge in [0.15, 0.2) is 0 Å². The van der Waals surface area contributed by atoms with Crippen LogP contribution in [0.5, 0.6) is 0 Å². The van der Waals surface area contributed by atoms with Crippen LogP contribution in [0.2, 0.25) is 0 Å². The van der Waals surface area contributed by atoms with Crippen molar-refractivity contribution in [3.63, 3.8) is 0 Å². The summed E-state index contributed by atoms with van der Waals surface area (Å²) < 4.78 is 13.8. The van der Waals surface area contributed by atoms with Crippen molar-refractivity contribution in [3.05, 3.63) is 29.6 Å². The van der Waals surface area contributed by atoms with Crippen LogP contribution >= 0.6 is 0 Å². The van der Waals surface area contributed by atoms with Crippen molar-refractivity contribution in [1.82, 2.24) is 0 Å². The maximum atomic E-state index is 13.8. The third-order valence-electron chi connectivity index (χ3n) is 3.26. The molecule has 0 saturated heterocycles. The van der Waals surface area contributed by atoms with Crippen LogP contribution in [0, 0.1) is 11.7 Å². The van der Waals surface area contributed by atoms with E-state index < -0.39 is 0 Å². The number of hydrogen-bond acceptors (Lipinski definition) is 2. The molecule has 0 bridgehead atoms. The number of rotatable bonds is 5. The summed E-state index contributed by atoms with van der Waals surface area (Å²) in [6.45, 7) is 2.94. The average Bonchev–Trinajstić information content (AvgIpc) is 3.04. The first-order chi connectivity index (χ1) is 8.08. The highest BCUT2D eigenvalue weighted by Gasteiger charge is 2.24. The SMILES string of the molecule is CC(N)Cc1c(F)cccc1N(C)CC1CC1. The Bertz CT molecular complexity index is 386. The highest BCUT2D eigenvalue weighted by Crippen LogP contribution is 2.32. The first-order valence-corrected chi connectivity index (χ1v) is 6.32. The van der Waals surface area contributed by atoms with Gasteiger partial charge in [0.1, 0.15) is 5.82 Å². The Kier molecular flexibility index (Phi) is 3.67. The van der Waals surface area contributed by atoms with Crippen LogP contribution in [-0.4, -0.2) is 19.6 Å². The van der Waals surface area contributed by atoms with E-state index in [4.69, 9.17) is 5.73 Å². The summed E-state index contributed by atoms with van der Waals surface area (Å²) in [7, 11) is 2.04. The van der Waals surface area contributed by atoms with Crippen molar-refractivity contribution in [2.75, 3.05) is 18.5 Å². The van der Waals surface area contributed by atoms with Crippen molar-refractivity contribution in [1.29, 1.82) is 0 Å². The smallest absolute Gasteiger partial charge is 0.128 e. The molecule has 94 valence electrons. The predicted molar refractivity (Wildman–Crippen MR) is 69.7 cm³/mol. The van der Waals surface area contributed by atoms with Gasteiger partial charge in [0.2, 0.25) is 0 Å². The molecule has 1 atom stereocenters. The normalized spacial score (nSPS) is 16.9. The Morgan fingerprint density at radius 1 is 1.47 bits per heavy atom. The van der Waals surface area contributed by atoms with Gasteiger partial charge >= 0.3 is 0 Å². The molecule has 17 heavy (non-hydrogen) atoms. The summed E-state index contributed by atoms with van der Waals surface area (Å²) in [5.74, 6) is 0.661. The summed E-state index contributed by atoms with van der Waals surface area (Å²) in [5.41, 5.74) is 7.54. The topological polar surface area (TPSA) is 29.3 Å². The highest BCUT2D eigenvalue weighted by atomic mass is 19.1. The lowest BCUT2D eigenvalue weighted by Gasteiger charge is -2.23. The van der Waals surface area contributed by atoms with Crippen LogP contribution in [0.15, 0.2) is 18.2 Å². The molecular weight excluding hydrogens is 215 g/mol. The van der Waals surface area contributed by atoms with Crippen molar-refractivity contribution in [3.8, 4) is 0 Å². The molecule has 0 aromatic heterocycles. The molecule has 1 fully saturated rings. The fourth-order valence-electron chi connectivity index (χ4n) is 2.22. The van der Waals surface area contributed by atoms with E-state index in [-0.39, 0.29) is 11.9 Å². The maximum Gasteiger partial charge on any atom is 0.128 e. The quantitative estimate of drug-likeness (QED) is 0.851. The van der Waals surface area contributed by atoms with E-state index >= 15 is 0 Å². The summed E-state index contributed by atoms with van der Waals surface area (Å²) >= 11 is 0. The van der Waals surface area contributed by atoms with Gasteiger partial charge in [0, 0.05) is 30.9 Å². The van der Waals surface area contributed by atoms with E-state index in [9.17, 15) is 4.39 Å². The minimum Gasteiger partial charge on any atom is -0.374 e. The van der Waals surface area contributed by atoms with Crippen molar-refractivity contribution in [2.45, 2.75) is 32.2 Å². The molecule has 3 heteroatoms. The second-order valence-electron chi connectivity index (χ2n) is 5.24. The lowest BCUT2D eigenvalue weighted by atomic mass is 10.0. The monoisotopic (exact) mass is 236 g/mol. The Balaban J connectivity index is 2.20. The van der Waals surface area contributed by atoms with E-state index in [0.717, 1.165) is 23.7 Å². The fraction of sp³-hybridized carbons (Fsp3) is 0.571. The maximum absolute atomic E-state index is 13.8. The van der Waals surface area contributed by atoms with Gasteiger partial charge in [-0.1, -0.05) is 6.07 Å². The second-order valence-corrected chi connectivity index (χ2v) is 5.24. The molecule has 0 amide bonds. The molecule has 1 saturated carbocycles. The zero-order valence-electron chi connectivity index (χ0n) is 10.6. The molecule has 1 aromatic rings. The van der Waals surface area contributed by atoms with Crippen LogP contribution in [0.3, 0.4) is 0 Å². The number of nitrogens with two attached hydrogens (primary N) is 1. The summed E-state index contributed by atoms with van der Waals surface area (Å²) in [4.78, 5) is 2.17. The molecule has 0 radical (unpaired) electrons. The van der Waals surface area contributed by atoms with Gasteiger partial charge < -0.3 is 10.6 Å². The van der Waals surface area contributed by atoms with Crippen LogP contribution in [0.25, 0.3) is 0 Å². The Labute approximate surface area is 103 Å². The highest BCUT2D eigenvalue weighted by molar-refractivity contribution is 5.54. The number of halogens is 1. The van der Waals surface area contributed by atoms with Gasteiger partial charge in [-0.15, -0.1) is 0 Å². The zero-order chi connectivity index (χ0) is 12.4. The third-order valence-corrected chi connectivity index (χ3v) is 3.26. The minimum absolute atomic E-state index is 0.0139. The number of anilines is 1. The molecule has 1 aliphatic carbocycles. The lowest BCUT2D eigenvalue weighted by Crippen LogP contribution is -2.25. The van der Waals surface area contributed by atoms with Crippen molar-refractivity contribution < 1.29 is 4.39 Å². The number of hydrogen-bond donors (Lipinski definition) is 1. The molecule has 0 spiro atoms. The number of benzene rings is 1. The van der Waals surface area contributed by atoms with E-state index in [1.807, 2.05) is 20.0 Å². The van der Waals surface area contributed by atoms with Gasteiger partial charge in [0.25, 0.3) is 0 Å². The molecule has 2 N–H and O–H groups in total. The Hall–Kier alpha value is -1.09. The molecule has 2 nitrogen and oxygen atoms in total. The van der Waals surface area contributed by atoms with E-state index in [0.29, 0.717) is 6.42 Å². The van der Waals surface area contributed by atoms with Gasteiger partial charge in [-0.2, -0.15) is 0 Å². The van der Waals surface area contributed by atoms with Crippen LogP contribution < -0.4 is 10.6 Å². The minimum atomic E-state index is -0.137. The van der Waals surface area contributed by atoms with Gasteiger partial charge in [0.05, 0.1) is 0 Å². The van der Waals surface area contributed by atoms with Crippen molar-refractivity contribution >= 4 is 5.69 Å². The molecule has 1 aromatic carbocycles. The first kappa shape index (κ1) is 12.4. The molecule has 0 aliphatic heterocycles. The van der Waals surface area contributed by atoms with Gasteiger partial charge in [-0.05, 0) is 44.2 Å². The van der Waals surface area contributed by atoms with E-state index in [1.165, 1.54) is 18.9 Å². The van der Waals surface area contributed by atoms with Crippen LogP contribution in [0.4, 0.5) is 10.1 Å². The average molecular weight is 236 g/mol. The summed E-state index contributed by atoms with van der Waals surface area (Å²) in [6, 6.07) is 5.27. The van der Waals surface area contributed by atoms with Crippen molar-refractivity contribution in [2.24, 2.45) is 11.7 Å².